The molecule has 0 aliphatic carbocycles. The van der Waals surface area contributed by atoms with Crippen LogP contribution in [0.3, 0.4) is 0 Å². The molecule has 14 heavy (non-hydrogen) atoms. The van der Waals surface area contributed by atoms with E-state index in [9.17, 15) is 13.2 Å². The molecule has 0 atom stereocenters. The molecular formula is C8H4ClF3N2. The van der Waals surface area contributed by atoms with E-state index in [2.05, 4.69) is 4.98 Å². The smallest absolute Gasteiger partial charge is 0.241 e. The number of hydrogen-bond donors (Lipinski definition) is 0. The highest BCUT2D eigenvalue weighted by molar-refractivity contribution is 6.30. The Morgan fingerprint density at radius 1 is 1.57 bits per heavy atom. The number of aromatic nitrogens is 1. The van der Waals surface area contributed by atoms with Crippen molar-refractivity contribution in [2.45, 2.75) is 12.8 Å². The van der Waals surface area contributed by atoms with Gasteiger partial charge < -0.3 is 0 Å². The van der Waals surface area contributed by atoms with E-state index < -0.39 is 17.8 Å². The molecule has 0 spiro atoms. The molecule has 1 heterocycles. The van der Waals surface area contributed by atoms with Gasteiger partial charge in [0.15, 0.2) is 5.82 Å². The van der Waals surface area contributed by atoms with E-state index in [1.165, 1.54) is 0 Å². The zero-order chi connectivity index (χ0) is 10.7. The number of hydrogen-bond acceptors (Lipinski definition) is 2. The van der Waals surface area contributed by atoms with Crippen LogP contribution in [0, 0.1) is 17.1 Å². The molecule has 0 unspecified atom stereocenters. The van der Waals surface area contributed by atoms with Crippen molar-refractivity contribution in [3.8, 4) is 6.07 Å². The highest BCUT2D eigenvalue weighted by atomic mass is 35.5. The van der Waals surface area contributed by atoms with Gasteiger partial charge >= 0.3 is 0 Å². The number of nitriles is 1. The maximum atomic E-state index is 12.9. The van der Waals surface area contributed by atoms with E-state index in [-0.39, 0.29) is 17.1 Å². The summed E-state index contributed by atoms with van der Waals surface area (Å²) < 4.78 is 37.6. The van der Waals surface area contributed by atoms with Crippen LogP contribution >= 0.6 is 11.6 Å². The fraction of sp³-hybridized carbons (Fsp3) is 0.250. The Morgan fingerprint density at radius 2 is 2.21 bits per heavy atom. The summed E-state index contributed by atoms with van der Waals surface area (Å²) in [7, 11) is 0. The van der Waals surface area contributed by atoms with Gasteiger partial charge in [-0.25, -0.2) is 18.2 Å². The van der Waals surface area contributed by atoms with E-state index >= 15 is 0 Å². The van der Waals surface area contributed by atoms with Crippen LogP contribution < -0.4 is 0 Å². The molecule has 1 aromatic rings. The van der Waals surface area contributed by atoms with Crippen molar-refractivity contribution < 1.29 is 13.2 Å². The van der Waals surface area contributed by atoms with Crippen molar-refractivity contribution in [2.24, 2.45) is 0 Å². The predicted octanol–water partition coefficient (Wildman–Crippen LogP) is 2.88. The first kappa shape index (κ1) is 10.8. The number of nitrogens with zero attached hydrogens (tertiary/aromatic N) is 2. The minimum Gasteiger partial charge on any atom is -0.241 e. The molecule has 0 aromatic carbocycles. The van der Waals surface area contributed by atoms with Crippen molar-refractivity contribution in [2.75, 3.05) is 0 Å². The van der Waals surface area contributed by atoms with Crippen LogP contribution in [-0.4, -0.2) is 4.98 Å². The molecule has 2 nitrogen and oxygen atoms in total. The molecule has 0 bridgehead atoms. The summed E-state index contributed by atoms with van der Waals surface area (Å²) in [5.74, 6) is -1.14. The van der Waals surface area contributed by atoms with Crippen LogP contribution in [0.25, 0.3) is 0 Å². The first-order chi connectivity index (χ1) is 6.57. The van der Waals surface area contributed by atoms with Crippen molar-refractivity contribution in [1.29, 1.82) is 5.26 Å². The van der Waals surface area contributed by atoms with E-state index in [1.807, 2.05) is 0 Å². The topological polar surface area (TPSA) is 36.7 Å². The summed E-state index contributed by atoms with van der Waals surface area (Å²) in [6.07, 6.45) is -2.77. The molecule has 0 fully saturated rings. The average molecular weight is 221 g/mol. The Balaban J connectivity index is 3.35. The van der Waals surface area contributed by atoms with Gasteiger partial charge in [0.25, 0.3) is 6.43 Å². The molecule has 6 heteroatoms. The number of pyridine rings is 1. The van der Waals surface area contributed by atoms with E-state index in [4.69, 9.17) is 16.9 Å². The zero-order valence-electron chi connectivity index (χ0n) is 6.77. The zero-order valence-corrected chi connectivity index (χ0v) is 7.52. The summed E-state index contributed by atoms with van der Waals surface area (Å²) in [6.45, 7) is 0. The molecule has 0 radical (unpaired) electrons. The molecular weight excluding hydrogens is 217 g/mol. The Bertz CT molecular complexity index is 387. The number of rotatable bonds is 2. The molecule has 0 saturated carbocycles. The summed E-state index contributed by atoms with van der Waals surface area (Å²) in [5.41, 5.74) is -1.09. The first-order valence-electron chi connectivity index (χ1n) is 3.55. The fourth-order valence-electron chi connectivity index (χ4n) is 0.999. The van der Waals surface area contributed by atoms with Gasteiger partial charge in [-0.3, -0.25) is 0 Å². The normalized spacial score (nSPS) is 10.3. The van der Waals surface area contributed by atoms with Crippen LogP contribution in [0.15, 0.2) is 6.20 Å². The SMILES string of the molecule is N#CCc1c(Cl)ncc(F)c1C(F)F. The molecule has 1 rings (SSSR count). The quantitative estimate of drug-likeness (QED) is 0.719. The van der Waals surface area contributed by atoms with Gasteiger partial charge in [-0.15, -0.1) is 0 Å². The van der Waals surface area contributed by atoms with Gasteiger partial charge in [0.1, 0.15) is 5.15 Å². The van der Waals surface area contributed by atoms with Crippen molar-refractivity contribution >= 4 is 11.6 Å². The largest absolute Gasteiger partial charge is 0.267 e. The predicted molar refractivity (Wildman–Crippen MR) is 43.5 cm³/mol. The summed E-state index contributed by atoms with van der Waals surface area (Å²) in [5, 5.41) is 8.08. The summed E-state index contributed by atoms with van der Waals surface area (Å²) >= 11 is 5.46. The van der Waals surface area contributed by atoms with Crippen molar-refractivity contribution in [3.63, 3.8) is 0 Å². The fourth-order valence-corrected chi connectivity index (χ4v) is 1.22. The third-order valence-electron chi connectivity index (χ3n) is 1.60. The minimum atomic E-state index is -3.00. The average Bonchev–Trinajstić information content (AvgIpc) is 2.11. The highest BCUT2D eigenvalue weighted by Crippen LogP contribution is 2.29. The monoisotopic (exact) mass is 220 g/mol. The maximum absolute atomic E-state index is 12.9. The van der Waals surface area contributed by atoms with Gasteiger partial charge in [0.05, 0.1) is 24.3 Å². The molecule has 1 aromatic heterocycles. The number of alkyl halides is 2. The molecule has 0 aliphatic heterocycles. The second-order valence-corrected chi connectivity index (χ2v) is 2.78. The summed E-state index contributed by atoms with van der Waals surface area (Å²) in [4.78, 5) is 3.35. The van der Waals surface area contributed by atoms with Gasteiger partial charge in [-0.1, -0.05) is 11.6 Å². The lowest BCUT2D eigenvalue weighted by atomic mass is 10.1. The molecule has 0 N–H and O–H groups in total. The van der Waals surface area contributed by atoms with Crippen LogP contribution in [0.1, 0.15) is 17.6 Å². The van der Waals surface area contributed by atoms with Crippen LogP contribution in [0.2, 0.25) is 5.15 Å². The summed E-state index contributed by atoms with van der Waals surface area (Å²) in [6, 6.07) is 1.62. The van der Waals surface area contributed by atoms with E-state index in [0.29, 0.717) is 6.20 Å². The second kappa shape index (κ2) is 4.29. The van der Waals surface area contributed by atoms with Crippen LogP contribution in [-0.2, 0) is 6.42 Å². The standard InChI is InChI=1S/C8H4ClF3N2/c9-7-4(1-2-13)6(8(11)12)5(10)3-14-7/h3,8H,1H2. The van der Waals surface area contributed by atoms with E-state index in [1.54, 1.807) is 6.07 Å². The molecule has 0 amide bonds. The minimum absolute atomic E-state index is 0.246. The van der Waals surface area contributed by atoms with E-state index in [0.717, 1.165) is 0 Å². The maximum Gasteiger partial charge on any atom is 0.267 e. The van der Waals surface area contributed by atoms with Gasteiger partial charge in [-0.2, -0.15) is 5.26 Å². The van der Waals surface area contributed by atoms with Crippen LogP contribution in [0.4, 0.5) is 13.2 Å². The lowest BCUT2D eigenvalue weighted by molar-refractivity contribution is 0.145. The second-order valence-electron chi connectivity index (χ2n) is 2.42. The molecule has 0 aliphatic rings. The Morgan fingerprint density at radius 3 is 2.71 bits per heavy atom. The third-order valence-corrected chi connectivity index (χ3v) is 1.92. The van der Waals surface area contributed by atoms with Gasteiger partial charge in [0.2, 0.25) is 0 Å². The first-order valence-corrected chi connectivity index (χ1v) is 3.93. The highest BCUT2D eigenvalue weighted by Gasteiger charge is 2.21. The van der Waals surface area contributed by atoms with Gasteiger partial charge in [0, 0.05) is 5.56 Å². The third kappa shape index (κ3) is 1.96. The van der Waals surface area contributed by atoms with Crippen LogP contribution in [0.5, 0.6) is 0 Å². The lowest BCUT2D eigenvalue weighted by Crippen LogP contribution is -2.01. The number of halogens is 4. The Kier molecular flexibility index (Phi) is 3.31. The van der Waals surface area contributed by atoms with Crippen molar-refractivity contribution in [1.82, 2.24) is 4.98 Å². The Labute approximate surface area is 82.9 Å². The molecule has 74 valence electrons. The lowest BCUT2D eigenvalue weighted by Gasteiger charge is -2.07. The van der Waals surface area contributed by atoms with Crippen molar-refractivity contribution in [3.05, 3.63) is 28.3 Å². The molecule has 0 saturated heterocycles. The Hall–Kier alpha value is -1.28. The van der Waals surface area contributed by atoms with Gasteiger partial charge in [-0.05, 0) is 0 Å².